The van der Waals surface area contributed by atoms with E-state index in [0.29, 0.717) is 32.4 Å². The van der Waals surface area contributed by atoms with E-state index in [1.807, 2.05) is 52.0 Å². The van der Waals surface area contributed by atoms with Crippen molar-refractivity contribution in [3.05, 3.63) is 29.8 Å². The molecular formula is C18H33NO4Pb. The Morgan fingerprint density at radius 3 is 2.29 bits per heavy atom. The molecule has 0 aliphatic rings. The molecule has 0 spiro atoms. The monoisotopic (exact) mass is 535 g/mol. The van der Waals surface area contributed by atoms with Gasteiger partial charge in [-0.05, 0) is 31.5 Å². The van der Waals surface area contributed by atoms with Crippen molar-refractivity contribution in [2.45, 2.75) is 52.6 Å². The van der Waals surface area contributed by atoms with E-state index in [1.54, 1.807) is 0 Å². The zero-order chi connectivity index (χ0) is 17.1. The van der Waals surface area contributed by atoms with E-state index in [-0.39, 0.29) is 40.0 Å². The molecule has 1 atom stereocenters. The zero-order valence-corrected chi connectivity index (χ0v) is 21.0. The molecule has 0 saturated carbocycles. The summed E-state index contributed by atoms with van der Waals surface area (Å²) in [6, 6.07) is 8.09. The molecule has 2 N–H and O–H groups in total. The van der Waals surface area contributed by atoms with E-state index in [1.165, 1.54) is 0 Å². The van der Waals surface area contributed by atoms with Gasteiger partial charge in [0.15, 0.2) is 0 Å². The Kier molecular flexibility index (Phi) is 13.9. The Balaban J connectivity index is 0.00000529. The normalized spacial score (nSPS) is 12.3. The molecule has 0 heterocycles. The third kappa shape index (κ3) is 12.2. The second kappa shape index (κ2) is 14.0. The first-order chi connectivity index (χ1) is 11.0. The number of benzene rings is 1. The second-order valence-electron chi connectivity index (χ2n) is 6.14. The number of ether oxygens (including phenoxy) is 3. The van der Waals surface area contributed by atoms with Gasteiger partial charge < -0.3 is 24.6 Å². The van der Waals surface area contributed by atoms with Gasteiger partial charge in [0, 0.05) is 12.6 Å². The van der Waals surface area contributed by atoms with Crippen LogP contribution >= 0.6 is 0 Å². The van der Waals surface area contributed by atoms with Gasteiger partial charge in [-0.25, -0.2) is 0 Å². The van der Waals surface area contributed by atoms with Crippen molar-refractivity contribution in [1.82, 2.24) is 5.32 Å². The molecule has 0 aliphatic carbocycles. The number of aliphatic hydroxyl groups excluding tert-OH is 1. The molecule has 1 rings (SSSR count). The van der Waals surface area contributed by atoms with Crippen LogP contribution < -0.4 is 10.1 Å². The fraction of sp³-hybridized carbons (Fsp3) is 0.667. The van der Waals surface area contributed by atoms with Crippen LogP contribution in [0.4, 0.5) is 0 Å². The molecule has 6 heteroatoms. The van der Waals surface area contributed by atoms with Crippen molar-refractivity contribution < 1.29 is 19.3 Å². The first-order valence-corrected chi connectivity index (χ1v) is 8.30. The van der Waals surface area contributed by atoms with Crippen LogP contribution in [0.25, 0.3) is 0 Å². The molecule has 0 aromatic heterocycles. The topological polar surface area (TPSA) is 60.0 Å². The molecule has 1 unspecified atom stereocenters. The number of hydrogen-bond donors (Lipinski definition) is 2. The summed E-state index contributed by atoms with van der Waals surface area (Å²) in [5, 5.41) is 13.0. The van der Waals surface area contributed by atoms with Crippen molar-refractivity contribution >= 4 is 27.3 Å². The Morgan fingerprint density at radius 2 is 1.71 bits per heavy atom. The third-order valence-electron chi connectivity index (χ3n) is 3.08. The maximum absolute atomic E-state index is 9.80. The van der Waals surface area contributed by atoms with Gasteiger partial charge >= 0.3 is 27.3 Å². The van der Waals surface area contributed by atoms with Crippen LogP contribution in [-0.4, -0.2) is 77.0 Å². The SMILES string of the molecule is CC(C)NCC(O)COc1ccc(COCCOC(C)C)cc1.[PbH2]. The molecule has 0 aliphatic heterocycles. The van der Waals surface area contributed by atoms with E-state index >= 15 is 0 Å². The summed E-state index contributed by atoms with van der Waals surface area (Å²) in [4.78, 5) is 0. The quantitative estimate of drug-likeness (QED) is 0.314. The molecular weight excluding hydrogens is 501 g/mol. The Morgan fingerprint density at radius 1 is 1.04 bits per heavy atom. The van der Waals surface area contributed by atoms with Crippen molar-refractivity contribution in [2.75, 3.05) is 26.4 Å². The van der Waals surface area contributed by atoms with Gasteiger partial charge in [0.25, 0.3) is 0 Å². The fourth-order valence-electron chi connectivity index (χ4n) is 1.84. The maximum atomic E-state index is 9.80. The molecule has 5 nitrogen and oxygen atoms in total. The fourth-order valence-corrected chi connectivity index (χ4v) is 1.84. The second-order valence-corrected chi connectivity index (χ2v) is 6.14. The average Bonchev–Trinajstić information content (AvgIpc) is 2.51. The minimum absolute atomic E-state index is 0. The molecule has 24 heavy (non-hydrogen) atoms. The van der Waals surface area contributed by atoms with Gasteiger partial charge in [-0.2, -0.15) is 0 Å². The van der Waals surface area contributed by atoms with E-state index in [2.05, 4.69) is 5.32 Å². The Bertz CT molecular complexity index is 412. The van der Waals surface area contributed by atoms with Crippen LogP contribution in [0.15, 0.2) is 24.3 Å². The number of aliphatic hydroxyl groups is 1. The summed E-state index contributed by atoms with van der Waals surface area (Å²) in [5.41, 5.74) is 1.09. The van der Waals surface area contributed by atoms with E-state index in [4.69, 9.17) is 14.2 Å². The predicted octanol–water partition coefficient (Wildman–Crippen LogP) is 1.45. The van der Waals surface area contributed by atoms with Gasteiger partial charge in [-0.15, -0.1) is 0 Å². The van der Waals surface area contributed by atoms with Crippen LogP contribution in [0, 0.1) is 0 Å². The first kappa shape index (κ1) is 23.8. The molecule has 0 bridgehead atoms. The van der Waals surface area contributed by atoms with Gasteiger partial charge in [-0.1, -0.05) is 26.0 Å². The first-order valence-electron chi connectivity index (χ1n) is 8.30. The summed E-state index contributed by atoms with van der Waals surface area (Å²) in [6.45, 7) is 10.7. The molecule has 2 radical (unpaired) electrons. The summed E-state index contributed by atoms with van der Waals surface area (Å²) < 4.78 is 16.5. The van der Waals surface area contributed by atoms with Crippen LogP contribution in [-0.2, 0) is 16.1 Å². The summed E-state index contributed by atoms with van der Waals surface area (Å²) >= 11 is 0. The van der Waals surface area contributed by atoms with Gasteiger partial charge in [0.2, 0.25) is 0 Å². The van der Waals surface area contributed by atoms with E-state index in [0.717, 1.165) is 11.3 Å². The van der Waals surface area contributed by atoms with Crippen molar-refractivity contribution in [2.24, 2.45) is 0 Å². The van der Waals surface area contributed by atoms with Gasteiger partial charge in [0.05, 0.1) is 25.9 Å². The molecule has 0 saturated heterocycles. The van der Waals surface area contributed by atoms with Crippen LogP contribution in [0.3, 0.4) is 0 Å². The Hall–Kier alpha value is -0.218. The predicted molar refractivity (Wildman–Crippen MR) is 100 cm³/mol. The van der Waals surface area contributed by atoms with Crippen molar-refractivity contribution in [3.63, 3.8) is 0 Å². The summed E-state index contributed by atoms with van der Waals surface area (Å²) in [6.07, 6.45) is -0.275. The average molecular weight is 535 g/mol. The third-order valence-corrected chi connectivity index (χ3v) is 3.08. The summed E-state index contributed by atoms with van der Waals surface area (Å²) in [5.74, 6) is 0.750. The Labute approximate surface area is 166 Å². The van der Waals surface area contributed by atoms with E-state index < -0.39 is 6.10 Å². The molecule has 138 valence electrons. The minimum atomic E-state index is -0.513. The van der Waals surface area contributed by atoms with Crippen LogP contribution in [0.5, 0.6) is 5.75 Å². The van der Waals surface area contributed by atoms with Gasteiger partial charge in [0.1, 0.15) is 18.5 Å². The standard InChI is InChI=1S/C18H31NO4.Pb.2H/c1-14(2)19-11-17(20)13-23-18-7-5-16(6-8-18)12-21-9-10-22-15(3)4;;;/h5-8,14-15,17,19-20H,9-13H2,1-4H3;;;. The van der Waals surface area contributed by atoms with Crippen molar-refractivity contribution in [1.29, 1.82) is 0 Å². The number of rotatable bonds is 12. The summed E-state index contributed by atoms with van der Waals surface area (Å²) in [7, 11) is 0. The molecule has 1 aromatic rings. The molecule has 0 fully saturated rings. The van der Waals surface area contributed by atoms with Gasteiger partial charge in [-0.3, -0.25) is 0 Å². The zero-order valence-electron chi connectivity index (χ0n) is 15.5. The van der Waals surface area contributed by atoms with Crippen LogP contribution in [0.1, 0.15) is 33.3 Å². The van der Waals surface area contributed by atoms with Crippen molar-refractivity contribution in [3.8, 4) is 5.75 Å². The number of nitrogens with one attached hydrogen (secondary N) is 1. The molecule has 0 amide bonds. The van der Waals surface area contributed by atoms with E-state index in [9.17, 15) is 5.11 Å². The molecule has 1 aromatic carbocycles. The van der Waals surface area contributed by atoms with Crippen LogP contribution in [0.2, 0.25) is 0 Å². The number of hydrogen-bond acceptors (Lipinski definition) is 5.